The van der Waals surface area contributed by atoms with Crippen molar-refractivity contribution in [3.63, 3.8) is 0 Å². The van der Waals surface area contributed by atoms with Gasteiger partial charge in [-0.05, 0) is 30.2 Å². The highest BCUT2D eigenvalue weighted by atomic mass is 32.2. The van der Waals surface area contributed by atoms with Crippen molar-refractivity contribution in [1.29, 1.82) is 0 Å². The van der Waals surface area contributed by atoms with Crippen LogP contribution in [0.5, 0.6) is 0 Å². The Bertz CT molecular complexity index is 735. The smallest absolute Gasteiger partial charge is 0.254 e. The maximum Gasteiger partial charge on any atom is 0.254 e. The molecule has 0 aromatic heterocycles. The van der Waals surface area contributed by atoms with Crippen molar-refractivity contribution in [2.45, 2.75) is 17.4 Å². The monoisotopic (exact) mass is 323 g/mol. The van der Waals surface area contributed by atoms with Gasteiger partial charge in [-0.1, -0.05) is 12.1 Å². The average molecular weight is 323 g/mol. The summed E-state index contributed by atoms with van der Waals surface area (Å²) < 4.78 is 40.3. The molecule has 1 aliphatic heterocycles. The molecule has 3 rings (SSSR count). The third-order valence-corrected chi connectivity index (χ3v) is 4.67. The first kappa shape index (κ1) is 15.0. The third kappa shape index (κ3) is 2.83. The van der Waals surface area contributed by atoms with Crippen molar-refractivity contribution < 1.29 is 18.0 Å². The molecular weight excluding hydrogens is 311 g/mol. The highest BCUT2D eigenvalue weighted by molar-refractivity contribution is 7.99. The topological polar surface area (TPSA) is 29.1 Å². The SMILES string of the molecule is O=C(N[C@H]1CCSc2c(F)cccc21)c1ccc(F)cc1F. The number of halogens is 3. The van der Waals surface area contributed by atoms with Crippen LogP contribution in [0.1, 0.15) is 28.4 Å². The number of fused-ring (bicyclic) bond motifs is 1. The Labute approximate surface area is 129 Å². The molecule has 0 saturated carbocycles. The predicted molar refractivity (Wildman–Crippen MR) is 78.3 cm³/mol. The van der Waals surface area contributed by atoms with Crippen LogP contribution in [0.15, 0.2) is 41.3 Å². The second-order valence-corrected chi connectivity index (χ2v) is 6.05. The van der Waals surface area contributed by atoms with E-state index in [1.807, 2.05) is 0 Å². The number of amides is 1. The molecule has 1 aliphatic rings. The molecule has 114 valence electrons. The molecule has 2 nitrogen and oxygen atoms in total. The Morgan fingerprint density at radius 1 is 1.14 bits per heavy atom. The van der Waals surface area contributed by atoms with Gasteiger partial charge in [0, 0.05) is 16.7 Å². The zero-order valence-electron chi connectivity index (χ0n) is 11.4. The second-order valence-electron chi connectivity index (χ2n) is 4.95. The van der Waals surface area contributed by atoms with Crippen LogP contribution in [0, 0.1) is 17.5 Å². The number of thioether (sulfide) groups is 1. The van der Waals surface area contributed by atoms with Gasteiger partial charge in [-0.25, -0.2) is 13.2 Å². The summed E-state index contributed by atoms with van der Waals surface area (Å²) in [6.07, 6.45) is 0.621. The Balaban J connectivity index is 1.85. The number of hydrogen-bond donors (Lipinski definition) is 1. The Morgan fingerprint density at radius 2 is 1.95 bits per heavy atom. The van der Waals surface area contributed by atoms with Crippen LogP contribution in [-0.2, 0) is 0 Å². The van der Waals surface area contributed by atoms with Crippen LogP contribution in [0.3, 0.4) is 0 Å². The summed E-state index contributed by atoms with van der Waals surface area (Å²) in [5, 5.41) is 2.70. The number of carbonyl (C=O) groups excluding carboxylic acids is 1. The highest BCUT2D eigenvalue weighted by Crippen LogP contribution is 2.37. The molecule has 2 aromatic carbocycles. The first-order valence-corrected chi connectivity index (χ1v) is 7.72. The van der Waals surface area contributed by atoms with Crippen molar-refractivity contribution in [2.75, 3.05) is 5.75 Å². The lowest BCUT2D eigenvalue weighted by atomic mass is 10.0. The van der Waals surface area contributed by atoms with Gasteiger partial charge >= 0.3 is 0 Å². The lowest BCUT2D eigenvalue weighted by Crippen LogP contribution is -2.31. The number of nitrogens with one attached hydrogen (secondary N) is 1. The van der Waals surface area contributed by atoms with Gasteiger partial charge < -0.3 is 5.32 Å². The van der Waals surface area contributed by atoms with Crippen LogP contribution in [-0.4, -0.2) is 11.7 Å². The van der Waals surface area contributed by atoms with Crippen molar-refractivity contribution in [3.8, 4) is 0 Å². The van der Waals surface area contributed by atoms with E-state index in [4.69, 9.17) is 0 Å². The number of hydrogen-bond acceptors (Lipinski definition) is 2. The minimum absolute atomic E-state index is 0.224. The van der Waals surface area contributed by atoms with E-state index < -0.39 is 17.5 Å². The minimum Gasteiger partial charge on any atom is -0.345 e. The summed E-state index contributed by atoms with van der Waals surface area (Å²) >= 11 is 1.40. The van der Waals surface area contributed by atoms with Gasteiger partial charge in [-0.3, -0.25) is 4.79 Å². The van der Waals surface area contributed by atoms with E-state index >= 15 is 0 Å². The van der Waals surface area contributed by atoms with E-state index in [1.165, 1.54) is 17.8 Å². The van der Waals surface area contributed by atoms with Gasteiger partial charge in [-0.15, -0.1) is 11.8 Å². The molecule has 1 heterocycles. The molecule has 0 fully saturated rings. The van der Waals surface area contributed by atoms with Crippen molar-refractivity contribution in [2.24, 2.45) is 0 Å². The van der Waals surface area contributed by atoms with Gasteiger partial charge in [0.05, 0.1) is 11.6 Å². The highest BCUT2D eigenvalue weighted by Gasteiger charge is 2.25. The zero-order chi connectivity index (χ0) is 15.7. The van der Waals surface area contributed by atoms with E-state index in [9.17, 15) is 18.0 Å². The number of rotatable bonds is 2. The van der Waals surface area contributed by atoms with Crippen LogP contribution in [0.4, 0.5) is 13.2 Å². The van der Waals surface area contributed by atoms with E-state index in [2.05, 4.69) is 5.32 Å². The Kier molecular flexibility index (Phi) is 4.11. The lowest BCUT2D eigenvalue weighted by molar-refractivity contribution is 0.0930. The summed E-state index contributed by atoms with van der Waals surface area (Å²) in [4.78, 5) is 12.7. The predicted octanol–water partition coefficient (Wildman–Crippen LogP) is 4.07. The third-order valence-electron chi connectivity index (χ3n) is 3.51. The molecule has 0 spiro atoms. The van der Waals surface area contributed by atoms with E-state index in [0.717, 1.165) is 12.1 Å². The molecule has 1 amide bonds. The van der Waals surface area contributed by atoms with E-state index in [-0.39, 0.29) is 17.4 Å². The Morgan fingerprint density at radius 3 is 2.73 bits per heavy atom. The second kappa shape index (κ2) is 6.04. The first-order chi connectivity index (χ1) is 10.6. The largest absolute Gasteiger partial charge is 0.345 e. The normalized spacial score (nSPS) is 17.0. The molecule has 0 aliphatic carbocycles. The minimum atomic E-state index is -0.915. The van der Waals surface area contributed by atoms with Crippen LogP contribution in [0.2, 0.25) is 0 Å². The summed E-state index contributed by atoms with van der Waals surface area (Å²) in [7, 11) is 0. The maximum atomic E-state index is 13.8. The molecule has 0 bridgehead atoms. The summed E-state index contributed by atoms with van der Waals surface area (Å²) in [5.41, 5.74) is 0.463. The van der Waals surface area contributed by atoms with E-state index in [1.54, 1.807) is 12.1 Å². The molecule has 2 aromatic rings. The van der Waals surface area contributed by atoms with E-state index in [0.29, 0.717) is 28.7 Å². The fraction of sp³-hybridized carbons (Fsp3) is 0.188. The number of carbonyl (C=O) groups is 1. The quantitative estimate of drug-likeness (QED) is 0.902. The standard InChI is InChI=1S/C16H12F3NOS/c17-9-4-5-10(13(19)8-9)16(21)20-14-6-7-22-15-11(14)2-1-3-12(15)18/h1-5,8,14H,6-7H2,(H,20,21)/t14-/m0/s1. The molecule has 1 N–H and O–H groups in total. The molecule has 0 radical (unpaired) electrons. The Hall–Kier alpha value is -1.95. The van der Waals surface area contributed by atoms with Crippen LogP contribution in [0.25, 0.3) is 0 Å². The van der Waals surface area contributed by atoms with Crippen LogP contribution >= 0.6 is 11.8 Å². The van der Waals surface area contributed by atoms with Gasteiger partial charge in [-0.2, -0.15) is 0 Å². The fourth-order valence-corrected chi connectivity index (χ4v) is 3.59. The summed E-state index contributed by atoms with van der Waals surface area (Å²) in [6, 6.07) is 7.11. The van der Waals surface area contributed by atoms with Gasteiger partial charge in [0.15, 0.2) is 0 Å². The van der Waals surface area contributed by atoms with Gasteiger partial charge in [0.2, 0.25) is 0 Å². The van der Waals surface area contributed by atoms with Crippen molar-refractivity contribution >= 4 is 17.7 Å². The molecule has 0 unspecified atom stereocenters. The number of benzene rings is 2. The van der Waals surface area contributed by atoms with Gasteiger partial charge in [0.25, 0.3) is 5.91 Å². The first-order valence-electron chi connectivity index (χ1n) is 6.73. The molecule has 1 atom stereocenters. The molecular formula is C16H12F3NOS. The summed E-state index contributed by atoms with van der Waals surface area (Å²) in [5.74, 6) is -1.96. The van der Waals surface area contributed by atoms with Gasteiger partial charge in [0.1, 0.15) is 17.5 Å². The zero-order valence-corrected chi connectivity index (χ0v) is 12.2. The average Bonchev–Trinajstić information content (AvgIpc) is 2.48. The molecule has 0 saturated heterocycles. The molecule has 22 heavy (non-hydrogen) atoms. The molecule has 6 heteroatoms. The lowest BCUT2D eigenvalue weighted by Gasteiger charge is -2.26. The van der Waals surface area contributed by atoms with Crippen molar-refractivity contribution in [3.05, 3.63) is 65.0 Å². The van der Waals surface area contributed by atoms with Crippen LogP contribution < -0.4 is 5.32 Å². The van der Waals surface area contributed by atoms with Crippen molar-refractivity contribution in [1.82, 2.24) is 5.32 Å². The fourth-order valence-electron chi connectivity index (χ4n) is 2.45. The summed E-state index contributed by atoms with van der Waals surface area (Å²) in [6.45, 7) is 0. The maximum absolute atomic E-state index is 13.8.